The van der Waals surface area contributed by atoms with Crippen molar-refractivity contribution in [2.45, 2.75) is 77.7 Å². The molecule has 26 heavy (non-hydrogen) atoms. The van der Waals surface area contributed by atoms with Crippen LogP contribution in [0.15, 0.2) is 18.2 Å². The van der Waals surface area contributed by atoms with E-state index in [1.165, 1.54) is 44.9 Å². The Morgan fingerprint density at radius 3 is 2.12 bits per heavy atom. The second kappa shape index (κ2) is 13.5. The van der Waals surface area contributed by atoms with Gasteiger partial charge in [0.1, 0.15) is 11.5 Å². The molecule has 1 rings (SSSR count). The SMILES string of the molecule is CCCCCCCCCCCC(=O)N(C)Cc1cc(OC)ccc1OC. The maximum Gasteiger partial charge on any atom is 0.222 e. The predicted octanol–water partition coefficient (Wildman–Crippen LogP) is 5.58. The molecule has 148 valence electrons. The molecule has 0 spiro atoms. The molecule has 4 nitrogen and oxygen atoms in total. The third kappa shape index (κ3) is 8.59. The van der Waals surface area contributed by atoms with Crippen LogP contribution in [0.5, 0.6) is 11.5 Å². The van der Waals surface area contributed by atoms with E-state index in [0.717, 1.165) is 29.9 Å². The average molecular weight is 364 g/mol. The monoisotopic (exact) mass is 363 g/mol. The molecule has 0 aliphatic heterocycles. The van der Waals surface area contributed by atoms with Gasteiger partial charge in [0.15, 0.2) is 0 Å². The number of carbonyl (C=O) groups excluding carboxylic acids is 1. The van der Waals surface area contributed by atoms with Crippen LogP contribution in [0.2, 0.25) is 0 Å². The average Bonchev–Trinajstić information content (AvgIpc) is 2.66. The Labute approximate surface area is 159 Å². The lowest BCUT2D eigenvalue weighted by Gasteiger charge is -2.19. The van der Waals surface area contributed by atoms with Gasteiger partial charge in [0.2, 0.25) is 5.91 Å². The van der Waals surface area contributed by atoms with E-state index < -0.39 is 0 Å². The zero-order valence-electron chi connectivity index (χ0n) is 17.2. The minimum Gasteiger partial charge on any atom is -0.497 e. The van der Waals surface area contributed by atoms with Gasteiger partial charge < -0.3 is 14.4 Å². The van der Waals surface area contributed by atoms with Gasteiger partial charge in [-0.25, -0.2) is 0 Å². The molecule has 0 unspecified atom stereocenters. The number of ether oxygens (including phenoxy) is 2. The maximum atomic E-state index is 12.4. The second-order valence-electron chi connectivity index (χ2n) is 7.01. The van der Waals surface area contributed by atoms with Crippen LogP contribution in [0.25, 0.3) is 0 Å². The van der Waals surface area contributed by atoms with E-state index in [0.29, 0.717) is 13.0 Å². The normalized spacial score (nSPS) is 10.6. The topological polar surface area (TPSA) is 38.8 Å². The fourth-order valence-corrected chi connectivity index (χ4v) is 3.13. The van der Waals surface area contributed by atoms with Crippen molar-refractivity contribution < 1.29 is 14.3 Å². The van der Waals surface area contributed by atoms with Gasteiger partial charge in [-0.15, -0.1) is 0 Å². The van der Waals surface area contributed by atoms with E-state index in [4.69, 9.17) is 9.47 Å². The quantitative estimate of drug-likeness (QED) is 0.405. The number of methoxy groups -OCH3 is 2. The van der Waals surface area contributed by atoms with Crippen LogP contribution >= 0.6 is 0 Å². The minimum absolute atomic E-state index is 0.192. The molecule has 0 aliphatic carbocycles. The Bertz CT molecular complexity index is 516. The molecule has 1 aromatic rings. The third-order valence-corrected chi connectivity index (χ3v) is 4.82. The molecule has 0 fully saturated rings. The first-order valence-electron chi connectivity index (χ1n) is 10.1. The fourth-order valence-electron chi connectivity index (χ4n) is 3.13. The molecule has 0 saturated carbocycles. The van der Waals surface area contributed by atoms with Crippen LogP contribution in [0.3, 0.4) is 0 Å². The lowest BCUT2D eigenvalue weighted by atomic mass is 10.1. The Hall–Kier alpha value is -1.71. The van der Waals surface area contributed by atoms with Crippen molar-refractivity contribution >= 4 is 5.91 Å². The molecule has 1 aromatic carbocycles. The summed E-state index contributed by atoms with van der Waals surface area (Å²) < 4.78 is 10.7. The van der Waals surface area contributed by atoms with E-state index in [-0.39, 0.29) is 5.91 Å². The summed E-state index contributed by atoms with van der Waals surface area (Å²) in [5.41, 5.74) is 0.967. The molecule has 0 radical (unpaired) electrons. The van der Waals surface area contributed by atoms with E-state index in [1.54, 1.807) is 19.1 Å². The number of hydrogen-bond acceptors (Lipinski definition) is 3. The zero-order valence-corrected chi connectivity index (χ0v) is 17.2. The summed E-state index contributed by atoms with van der Waals surface area (Å²) in [6, 6.07) is 5.68. The van der Waals surface area contributed by atoms with Gasteiger partial charge in [0, 0.05) is 25.6 Å². The summed E-state index contributed by atoms with van der Waals surface area (Å²) in [5, 5.41) is 0. The first-order chi connectivity index (χ1) is 12.6. The summed E-state index contributed by atoms with van der Waals surface area (Å²) in [5.74, 6) is 1.76. The second-order valence-corrected chi connectivity index (χ2v) is 7.01. The van der Waals surface area contributed by atoms with Crippen molar-refractivity contribution in [1.29, 1.82) is 0 Å². The Kier molecular flexibility index (Phi) is 11.6. The molecule has 0 N–H and O–H groups in total. The molecule has 4 heteroatoms. The van der Waals surface area contributed by atoms with Crippen molar-refractivity contribution in [2.24, 2.45) is 0 Å². The molecule has 0 atom stereocenters. The summed E-state index contributed by atoms with van der Waals surface area (Å²) in [7, 11) is 5.15. The minimum atomic E-state index is 0.192. The molecule has 1 amide bonds. The highest BCUT2D eigenvalue weighted by Crippen LogP contribution is 2.25. The Balaban J connectivity index is 2.27. The largest absolute Gasteiger partial charge is 0.497 e. The van der Waals surface area contributed by atoms with Gasteiger partial charge in [0.25, 0.3) is 0 Å². The van der Waals surface area contributed by atoms with Crippen LogP contribution in [0, 0.1) is 0 Å². The molecule has 0 aliphatic rings. The number of carbonyl (C=O) groups is 1. The van der Waals surface area contributed by atoms with Gasteiger partial charge >= 0.3 is 0 Å². The molecular formula is C22H37NO3. The van der Waals surface area contributed by atoms with Crippen molar-refractivity contribution in [1.82, 2.24) is 4.90 Å². The van der Waals surface area contributed by atoms with Gasteiger partial charge in [-0.3, -0.25) is 4.79 Å². The van der Waals surface area contributed by atoms with Gasteiger partial charge in [0.05, 0.1) is 14.2 Å². The van der Waals surface area contributed by atoms with Crippen LogP contribution in [-0.2, 0) is 11.3 Å². The first kappa shape index (κ1) is 22.3. The summed E-state index contributed by atoms with van der Waals surface area (Å²) in [4.78, 5) is 14.1. The zero-order chi connectivity index (χ0) is 19.2. The molecule has 0 aromatic heterocycles. The Morgan fingerprint density at radius 2 is 1.54 bits per heavy atom. The Morgan fingerprint density at radius 1 is 0.923 bits per heavy atom. The van der Waals surface area contributed by atoms with E-state index in [2.05, 4.69) is 6.92 Å². The van der Waals surface area contributed by atoms with E-state index in [1.807, 2.05) is 25.2 Å². The number of rotatable bonds is 14. The number of benzene rings is 1. The first-order valence-corrected chi connectivity index (χ1v) is 10.1. The van der Waals surface area contributed by atoms with Crippen molar-refractivity contribution in [3.05, 3.63) is 23.8 Å². The molecule has 0 heterocycles. The molecule has 0 saturated heterocycles. The summed E-state index contributed by atoms with van der Waals surface area (Å²) in [6.07, 6.45) is 12.0. The number of amides is 1. The van der Waals surface area contributed by atoms with Crippen molar-refractivity contribution in [3.63, 3.8) is 0 Å². The van der Waals surface area contributed by atoms with Crippen LogP contribution in [-0.4, -0.2) is 32.1 Å². The number of unbranched alkanes of at least 4 members (excludes halogenated alkanes) is 8. The highest BCUT2D eigenvalue weighted by Gasteiger charge is 2.12. The van der Waals surface area contributed by atoms with E-state index in [9.17, 15) is 4.79 Å². The molecule has 0 bridgehead atoms. The van der Waals surface area contributed by atoms with E-state index >= 15 is 0 Å². The highest BCUT2D eigenvalue weighted by molar-refractivity contribution is 5.75. The lowest BCUT2D eigenvalue weighted by Crippen LogP contribution is -2.26. The smallest absolute Gasteiger partial charge is 0.222 e. The maximum absolute atomic E-state index is 12.4. The van der Waals surface area contributed by atoms with Crippen LogP contribution < -0.4 is 9.47 Å². The summed E-state index contributed by atoms with van der Waals surface area (Å²) in [6.45, 7) is 2.79. The van der Waals surface area contributed by atoms with Gasteiger partial charge in [-0.2, -0.15) is 0 Å². The van der Waals surface area contributed by atoms with Crippen LogP contribution in [0.4, 0.5) is 0 Å². The van der Waals surface area contributed by atoms with Crippen molar-refractivity contribution in [3.8, 4) is 11.5 Å². The van der Waals surface area contributed by atoms with Crippen LogP contribution in [0.1, 0.15) is 76.7 Å². The molecular weight excluding hydrogens is 326 g/mol. The predicted molar refractivity (Wildman–Crippen MR) is 108 cm³/mol. The summed E-state index contributed by atoms with van der Waals surface area (Å²) >= 11 is 0. The fraction of sp³-hybridized carbons (Fsp3) is 0.682. The standard InChI is InChI=1S/C22H37NO3/c1-5-6-7-8-9-10-11-12-13-14-22(24)23(2)18-19-17-20(25-3)15-16-21(19)26-4/h15-17H,5-14,18H2,1-4H3. The van der Waals surface area contributed by atoms with Gasteiger partial charge in [-0.1, -0.05) is 58.3 Å². The van der Waals surface area contributed by atoms with Gasteiger partial charge in [-0.05, 0) is 24.6 Å². The van der Waals surface area contributed by atoms with Crippen molar-refractivity contribution in [2.75, 3.05) is 21.3 Å². The highest BCUT2D eigenvalue weighted by atomic mass is 16.5. The lowest BCUT2D eigenvalue weighted by molar-refractivity contribution is -0.130. The number of nitrogens with zero attached hydrogens (tertiary/aromatic N) is 1. The number of hydrogen-bond donors (Lipinski definition) is 0. The third-order valence-electron chi connectivity index (χ3n) is 4.82.